The molecule has 33 heavy (non-hydrogen) atoms. The van der Waals surface area contributed by atoms with E-state index in [-0.39, 0.29) is 5.41 Å². The van der Waals surface area contributed by atoms with Crippen molar-refractivity contribution in [3.63, 3.8) is 0 Å². The molecule has 168 valence electrons. The summed E-state index contributed by atoms with van der Waals surface area (Å²) in [6.07, 6.45) is 4.12. The number of rotatable bonds is 8. The summed E-state index contributed by atoms with van der Waals surface area (Å²) in [7, 11) is 0. The fourth-order valence-electron chi connectivity index (χ4n) is 4.88. The van der Waals surface area contributed by atoms with Gasteiger partial charge in [-0.3, -0.25) is 0 Å². The summed E-state index contributed by atoms with van der Waals surface area (Å²) in [5.41, 5.74) is 5.89. The van der Waals surface area contributed by atoms with Crippen molar-refractivity contribution < 1.29 is 10.2 Å². The lowest BCUT2D eigenvalue weighted by atomic mass is 9.68. The highest BCUT2D eigenvalue weighted by Gasteiger charge is 2.33. The minimum atomic E-state index is -0.218. The van der Waals surface area contributed by atoms with Crippen LogP contribution in [0, 0.1) is 0 Å². The van der Waals surface area contributed by atoms with E-state index in [2.05, 4.69) is 38.1 Å². The van der Waals surface area contributed by atoms with Crippen molar-refractivity contribution in [2.45, 2.75) is 44.9 Å². The maximum absolute atomic E-state index is 10.7. The highest BCUT2D eigenvalue weighted by atomic mass is 16.3. The summed E-state index contributed by atoms with van der Waals surface area (Å²) < 4.78 is 0. The first kappa shape index (κ1) is 22.7. The molecule has 4 rings (SSSR count). The molecule has 0 atom stereocenters. The maximum Gasteiger partial charge on any atom is 0.123 e. The van der Waals surface area contributed by atoms with Crippen LogP contribution in [0.1, 0.15) is 50.7 Å². The summed E-state index contributed by atoms with van der Waals surface area (Å²) in [5, 5.41) is 21.3. The Kier molecular flexibility index (Phi) is 6.84. The zero-order chi connectivity index (χ0) is 23.3. The molecule has 0 amide bonds. The number of hydrogen-bond donors (Lipinski definition) is 2. The first-order chi connectivity index (χ1) is 16.1. The zero-order valence-electron chi connectivity index (χ0n) is 19.5. The predicted molar refractivity (Wildman–Crippen MR) is 138 cm³/mol. The lowest BCUT2D eigenvalue weighted by Crippen LogP contribution is -2.27. The van der Waals surface area contributed by atoms with Crippen molar-refractivity contribution in [3.8, 4) is 33.8 Å². The van der Waals surface area contributed by atoms with Crippen LogP contribution >= 0.6 is 0 Å². The van der Waals surface area contributed by atoms with Gasteiger partial charge in [0.05, 0.1) is 0 Å². The van der Waals surface area contributed by atoms with E-state index < -0.39 is 0 Å². The summed E-state index contributed by atoms with van der Waals surface area (Å²) in [5.74, 6) is 0.585. The molecule has 4 aromatic rings. The van der Waals surface area contributed by atoms with E-state index in [9.17, 15) is 10.2 Å². The first-order valence-corrected chi connectivity index (χ1v) is 11.9. The van der Waals surface area contributed by atoms with Crippen molar-refractivity contribution in [1.82, 2.24) is 0 Å². The van der Waals surface area contributed by atoms with Gasteiger partial charge in [0, 0.05) is 16.5 Å². The Balaban J connectivity index is 1.90. The zero-order valence-corrected chi connectivity index (χ0v) is 19.5. The van der Waals surface area contributed by atoms with Gasteiger partial charge >= 0.3 is 0 Å². The Morgan fingerprint density at radius 3 is 1.45 bits per heavy atom. The number of aromatic hydroxyl groups is 2. The molecular formula is C31H32O2. The highest BCUT2D eigenvalue weighted by Crippen LogP contribution is 2.45. The van der Waals surface area contributed by atoms with Gasteiger partial charge in [-0.25, -0.2) is 0 Å². The van der Waals surface area contributed by atoms with Crippen LogP contribution in [-0.2, 0) is 5.41 Å². The average molecular weight is 437 g/mol. The minimum Gasteiger partial charge on any atom is -0.507 e. The molecule has 0 unspecified atom stereocenters. The molecule has 0 aliphatic heterocycles. The number of phenolic OH excluding ortho intramolecular Hbond substituents is 2. The Morgan fingerprint density at radius 2 is 1.06 bits per heavy atom. The van der Waals surface area contributed by atoms with Crippen molar-refractivity contribution in [1.29, 1.82) is 0 Å². The normalized spacial score (nSPS) is 11.5. The van der Waals surface area contributed by atoms with Gasteiger partial charge in [-0.05, 0) is 59.4 Å². The van der Waals surface area contributed by atoms with Gasteiger partial charge in [-0.2, -0.15) is 0 Å². The topological polar surface area (TPSA) is 40.5 Å². The molecule has 0 aliphatic rings. The molecule has 0 fully saturated rings. The molecule has 2 heteroatoms. The molecule has 4 aromatic carbocycles. The number of phenols is 2. The van der Waals surface area contributed by atoms with Crippen LogP contribution in [0.15, 0.2) is 97.1 Å². The summed E-state index contributed by atoms with van der Waals surface area (Å²) in [4.78, 5) is 0. The third kappa shape index (κ3) is 4.52. The van der Waals surface area contributed by atoms with Crippen molar-refractivity contribution in [3.05, 3.63) is 108 Å². The third-order valence-corrected chi connectivity index (χ3v) is 6.83. The van der Waals surface area contributed by atoms with Gasteiger partial charge in [0.15, 0.2) is 0 Å². The van der Waals surface area contributed by atoms with Crippen LogP contribution < -0.4 is 0 Å². The van der Waals surface area contributed by atoms with Gasteiger partial charge in [-0.1, -0.05) is 99.5 Å². The third-order valence-electron chi connectivity index (χ3n) is 6.83. The molecule has 0 spiro atoms. The number of benzene rings is 4. The Bertz CT molecular complexity index is 1110. The Hall–Kier alpha value is -3.52. The highest BCUT2D eigenvalue weighted by molar-refractivity contribution is 5.73. The Labute approximate surface area is 197 Å². The van der Waals surface area contributed by atoms with E-state index in [4.69, 9.17) is 0 Å². The maximum atomic E-state index is 10.7. The van der Waals surface area contributed by atoms with Crippen LogP contribution in [0.4, 0.5) is 0 Å². The molecule has 0 saturated heterocycles. The number of hydrogen-bond acceptors (Lipinski definition) is 2. The predicted octanol–water partition coefficient (Wildman–Crippen LogP) is 8.32. The summed E-state index contributed by atoms with van der Waals surface area (Å²) >= 11 is 0. The molecule has 0 saturated carbocycles. The van der Waals surface area contributed by atoms with Crippen LogP contribution in [0.5, 0.6) is 11.5 Å². The molecule has 0 heterocycles. The molecule has 2 N–H and O–H groups in total. The number of unbranched alkanes of at least 4 members (excludes halogenated alkanes) is 1. The first-order valence-electron chi connectivity index (χ1n) is 11.9. The second-order valence-corrected chi connectivity index (χ2v) is 8.74. The van der Waals surface area contributed by atoms with Gasteiger partial charge in [0.25, 0.3) is 0 Å². The van der Waals surface area contributed by atoms with Crippen LogP contribution in [0.2, 0.25) is 0 Å². The van der Waals surface area contributed by atoms with E-state index in [1.807, 2.05) is 72.8 Å². The largest absolute Gasteiger partial charge is 0.507 e. The Morgan fingerprint density at radius 1 is 0.606 bits per heavy atom. The fourth-order valence-corrected chi connectivity index (χ4v) is 4.88. The van der Waals surface area contributed by atoms with Crippen molar-refractivity contribution in [2.24, 2.45) is 0 Å². The second kappa shape index (κ2) is 9.95. The molecule has 0 aliphatic carbocycles. The second-order valence-electron chi connectivity index (χ2n) is 8.74. The average Bonchev–Trinajstić information content (AvgIpc) is 2.87. The van der Waals surface area contributed by atoms with E-state index in [0.29, 0.717) is 11.5 Å². The van der Waals surface area contributed by atoms with E-state index in [0.717, 1.165) is 47.9 Å². The lowest BCUT2D eigenvalue weighted by Gasteiger charge is -2.35. The molecule has 0 radical (unpaired) electrons. The van der Waals surface area contributed by atoms with Crippen LogP contribution in [-0.4, -0.2) is 10.2 Å². The smallest absolute Gasteiger partial charge is 0.123 e. The van der Waals surface area contributed by atoms with Gasteiger partial charge in [0.1, 0.15) is 11.5 Å². The molecule has 2 nitrogen and oxygen atoms in total. The van der Waals surface area contributed by atoms with E-state index in [1.165, 1.54) is 11.1 Å². The quantitative estimate of drug-likeness (QED) is 0.291. The van der Waals surface area contributed by atoms with Gasteiger partial charge in [-0.15, -0.1) is 0 Å². The van der Waals surface area contributed by atoms with Crippen LogP contribution in [0.25, 0.3) is 22.3 Å². The summed E-state index contributed by atoms with van der Waals surface area (Å²) in [6, 6.07) is 32.2. The SMILES string of the molecule is CCCCC(CC)(c1ccc(O)c(-c2ccccc2)c1)c1ccc(O)c(-c2ccccc2)c1. The van der Waals surface area contributed by atoms with Crippen molar-refractivity contribution >= 4 is 0 Å². The van der Waals surface area contributed by atoms with Gasteiger partial charge in [0.2, 0.25) is 0 Å². The molecule has 0 aromatic heterocycles. The minimum absolute atomic E-state index is 0.218. The van der Waals surface area contributed by atoms with Crippen LogP contribution in [0.3, 0.4) is 0 Å². The standard InChI is InChI=1S/C31H32O2/c1-3-5-20-31(4-2,25-16-18-29(32)27(21-25)23-12-8-6-9-13-23)26-17-19-30(33)28(22-26)24-14-10-7-11-15-24/h6-19,21-22,32-33H,3-5,20H2,1-2H3. The summed E-state index contributed by atoms with van der Waals surface area (Å²) in [6.45, 7) is 4.46. The lowest BCUT2D eigenvalue weighted by molar-refractivity contribution is 0.433. The monoisotopic (exact) mass is 436 g/mol. The van der Waals surface area contributed by atoms with E-state index in [1.54, 1.807) is 0 Å². The fraction of sp³-hybridized carbons (Fsp3) is 0.226. The molecular weight excluding hydrogens is 404 g/mol. The van der Waals surface area contributed by atoms with Crippen molar-refractivity contribution in [2.75, 3.05) is 0 Å². The molecule has 0 bridgehead atoms. The van der Waals surface area contributed by atoms with Gasteiger partial charge < -0.3 is 10.2 Å². The van der Waals surface area contributed by atoms with E-state index >= 15 is 0 Å².